The summed E-state index contributed by atoms with van der Waals surface area (Å²) in [7, 11) is 7.50. The number of morpholine rings is 1. The number of nitrogens with zero attached hydrogens (tertiary/aromatic N) is 10. The molecule has 4 aromatic heterocycles. The number of rotatable bonds is 21. The van der Waals surface area contributed by atoms with Crippen molar-refractivity contribution in [3.8, 4) is 41.3 Å². The molecular formula is C86H85F9N12O7S. The summed E-state index contributed by atoms with van der Waals surface area (Å²) in [6, 6.07) is 25.9. The number of ether oxygens (including phenoxy) is 2. The van der Waals surface area contributed by atoms with Crippen LogP contribution < -0.4 is 15.8 Å². The fraction of sp³-hybridized carbons (Fsp3) is 0.360. The van der Waals surface area contributed by atoms with E-state index in [1.54, 1.807) is 77.2 Å². The number of pyridine rings is 1. The molecule has 5 aromatic carbocycles. The molecule has 115 heavy (non-hydrogen) atoms. The van der Waals surface area contributed by atoms with E-state index in [1.807, 2.05) is 44.8 Å². The molecule has 4 aliphatic rings. The number of Topliss-reactive ketones (excluding diaryl/α,β-unsaturated/α-hetero) is 3. The minimum atomic E-state index is -4.58. The van der Waals surface area contributed by atoms with Gasteiger partial charge in [-0.05, 0) is 184 Å². The fourth-order valence-corrected chi connectivity index (χ4v) is 13.8. The van der Waals surface area contributed by atoms with Gasteiger partial charge in [-0.3, -0.25) is 38.7 Å². The number of aryl methyl sites for hydroxylation is 3. The standard InChI is InChI=1S/C31H31F3N4O3.C28H28F3N3O2.C27H26F3N5O2S/c1-20-3-5-23(17-22(20)7-10-26-18-35-29(37(26)2)30(40)36-25-8-9-25)28(39)16-21-4-6-24(27(15-21)31(32,33)34)19-38-11-13-41-14-12-38;1-20-5-7-23(17-22(20)8-9-24-18-32-19-33(24)2)26(35)16-21-6-10-27(25(15-21)28(29,30)31)36-14-13-34-11-3-4-12-34;1-34(2)21-8-10-35(16-21)15-19-4-3-17(11-23(19)27(28,29)30)12-24(36)18-7-9-32-20(13-18)5-6-22-14-33-26(38-22)25(31)37/h3-6,15,17-18,25H,8-9,11-14,16,19H2,1-2H3,(H,36,40);5-7,10,15,17-19H,3-4,11-14,16H2,1-2H3;3-4,7,9,11,13-14,21H,8,10,12,15-16H2,1-2H3,(H2,31,37)/t;;21-/m..1/s1. The Morgan fingerprint density at radius 1 is 0.591 bits per heavy atom. The van der Waals surface area contributed by atoms with Crippen LogP contribution in [-0.4, -0.2) is 170 Å². The number of alkyl halides is 9. The van der Waals surface area contributed by atoms with Crippen molar-refractivity contribution in [2.75, 3.05) is 79.7 Å². The zero-order chi connectivity index (χ0) is 82.3. The molecule has 13 rings (SSSR count). The van der Waals surface area contributed by atoms with Crippen molar-refractivity contribution in [2.24, 2.45) is 19.8 Å². The number of thiazole rings is 1. The molecule has 3 aliphatic heterocycles. The molecule has 19 nitrogen and oxygen atoms in total. The Kier molecular flexibility index (Phi) is 27.9. The van der Waals surface area contributed by atoms with Gasteiger partial charge in [-0.1, -0.05) is 66.4 Å². The third kappa shape index (κ3) is 23.8. The minimum Gasteiger partial charge on any atom is -0.492 e. The number of likely N-dealkylation sites (tertiary alicyclic amines) is 2. The van der Waals surface area contributed by atoms with Gasteiger partial charge in [0.1, 0.15) is 29.4 Å². The number of primary amides is 1. The Bertz CT molecular complexity index is 5250. The first kappa shape index (κ1) is 84.8. The molecule has 1 atom stereocenters. The van der Waals surface area contributed by atoms with E-state index in [4.69, 9.17) is 15.2 Å². The lowest BCUT2D eigenvalue weighted by molar-refractivity contribution is -0.139. The largest absolute Gasteiger partial charge is 0.492 e. The fourth-order valence-electron chi connectivity index (χ4n) is 13.1. The number of carbonyl (C=O) groups excluding carboxylic acids is 5. The number of likely N-dealkylation sites (N-methyl/N-ethyl adjacent to an activating group) is 1. The normalized spacial score (nSPS) is 15.2. The van der Waals surface area contributed by atoms with Gasteiger partial charge in [-0.25, -0.2) is 19.9 Å². The van der Waals surface area contributed by atoms with Crippen LogP contribution in [0.2, 0.25) is 0 Å². The van der Waals surface area contributed by atoms with Crippen LogP contribution in [0.3, 0.4) is 0 Å². The molecular weight excluding hydrogens is 1520 g/mol. The lowest BCUT2D eigenvalue weighted by Gasteiger charge is -2.27. The van der Waals surface area contributed by atoms with Gasteiger partial charge >= 0.3 is 18.5 Å². The summed E-state index contributed by atoms with van der Waals surface area (Å²) in [6.45, 7) is 10.4. The van der Waals surface area contributed by atoms with Crippen LogP contribution in [0.25, 0.3) is 0 Å². The summed E-state index contributed by atoms with van der Waals surface area (Å²) in [5.74, 6) is 16.0. The van der Waals surface area contributed by atoms with Gasteiger partial charge in [-0.15, -0.1) is 11.3 Å². The van der Waals surface area contributed by atoms with Crippen molar-refractivity contribution in [1.29, 1.82) is 0 Å². The summed E-state index contributed by atoms with van der Waals surface area (Å²) in [4.78, 5) is 87.5. The van der Waals surface area contributed by atoms with Gasteiger partial charge in [0.15, 0.2) is 28.2 Å². The highest BCUT2D eigenvalue weighted by Gasteiger charge is 2.38. The zero-order valence-corrected chi connectivity index (χ0v) is 65.0. The number of imidazole rings is 2. The summed E-state index contributed by atoms with van der Waals surface area (Å²) in [6.07, 6.45) is -1.43. The Balaban J connectivity index is 0.000000170. The van der Waals surface area contributed by atoms with Crippen LogP contribution in [0.1, 0.15) is 172 Å². The number of nitrogens with two attached hydrogens (primary N) is 1. The second-order valence-electron chi connectivity index (χ2n) is 28.8. The van der Waals surface area contributed by atoms with E-state index in [0.717, 1.165) is 98.1 Å². The smallest absolute Gasteiger partial charge is 0.419 e. The molecule has 4 fully saturated rings. The number of hydrogen-bond acceptors (Lipinski definition) is 16. The Hall–Kier alpha value is -11.1. The van der Waals surface area contributed by atoms with Gasteiger partial charge in [0, 0.05) is 125 Å². The van der Waals surface area contributed by atoms with Crippen LogP contribution in [0.4, 0.5) is 39.5 Å². The topological polar surface area (TPSA) is 216 Å². The highest BCUT2D eigenvalue weighted by Crippen LogP contribution is 2.39. The summed E-state index contributed by atoms with van der Waals surface area (Å²) in [5, 5.41) is 3.04. The maximum atomic E-state index is 13.9. The number of aromatic nitrogens is 6. The molecule has 7 heterocycles. The number of carbonyl (C=O) groups is 5. The lowest BCUT2D eigenvalue weighted by atomic mass is 9.96. The van der Waals surface area contributed by atoms with Gasteiger partial charge in [0.2, 0.25) is 0 Å². The van der Waals surface area contributed by atoms with Gasteiger partial charge in [0.05, 0.1) is 59.7 Å². The summed E-state index contributed by atoms with van der Waals surface area (Å²) >= 11 is 1.04. The maximum absolute atomic E-state index is 13.9. The van der Waals surface area contributed by atoms with Crippen LogP contribution in [0.5, 0.6) is 5.75 Å². The lowest BCUT2D eigenvalue weighted by Crippen LogP contribution is -2.36. The van der Waals surface area contributed by atoms with Crippen molar-refractivity contribution in [2.45, 2.75) is 109 Å². The minimum absolute atomic E-state index is 0.133. The number of amides is 2. The summed E-state index contributed by atoms with van der Waals surface area (Å²) in [5.41, 5.74) is 9.81. The van der Waals surface area contributed by atoms with Gasteiger partial charge in [0.25, 0.3) is 11.8 Å². The van der Waals surface area contributed by atoms with Crippen LogP contribution in [0.15, 0.2) is 134 Å². The molecule has 1 saturated carbocycles. The van der Waals surface area contributed by atoms with E-state index in [9.17, 15) is 63.5 Å². The molecule has 0 radical (unpaired) electrons. The summed E-state index contributed by atoms with van der Waals surface area (Å²) < 4.78 is 139. The number of nitrogens with one attached hydrogen (secondary N) is 1. The highest BCUT2D eigenvalue weighted by atomic mass is 32.1. The van der Waals surface area contributed by atoms with Gasteiger partial charge in [-0.2, -0.15) is 39.5 Å². The Labute approximate surface area is 664 Å². The Morgan fingerprint density at radius 2 is 1.15 bits per heavy atom. The first-order valence-electron chi connectivity index (χ1n) is 37.3. The monoisotopic (exact) mass is 1600 g/mol. The number of benzene rings is 5. The molecule has 0 spiro atoms. The molecule has 3 saturated heterocycles. The van der Waals surface area contributed by atoms with Crippen molar-refractivity contribution in [3.63, 3.8) is 0 Å². The van der Waals surface area contributed by atoms with E-state index in [1.165, 1.54) is 55.0 Å². The van der Waals surface area contributed by atoms with E-state index < -0.39 is 41.1 Å². The third-order valence-electron chi connectivity index (χ3n) is 19.9. The molecule has 3 N–H and O–H groups in total. The van der Waals surface area contributed by atoms with Gasteiger partial charge < -0.3 is 34.6 Å². The molecule has 9 aromatic rings. The molecule has 1 aliphatic carbocycles. The molecule has 0 unspecified atom stereocenters. The predicted molar refractivity (Wildman–Crippen MR) is 415 cm³/mol. The first-order valence-corrected chi connectivity index (χ1v) is 38.1. The average Bonchev–Trinajstić information content (AvgIpc) is 1.46. The van der Waals surface area contributed by atoms with E-state index in [2.05, 4.69) is 70.6 Å². The van der Waals surface area contributed by atoms with Crippen molar-refractivity contribution < 1.29 is 73.0 Å². The van der Waals surface area contributed by atoms with E-state index in [-0.39, 0.29) is 113 Å². The number of halogens is 9. The molecule has 0 bridgehead atoms. The van der Waals surface area contributed by atoms with E-state index >= 15 is 0 Å². The first-order chi connectivity index (χ1) is 54.8. The second-order valence-corrected chi connectivity index (χ2v) is 29.9. The molecule has 600 valence electrons. The molecule has 2 amide bonds. The quantitative estimate of drug-likeness (QED) is 0.0389. The molecule has 29 heteroatoms. The van der Waals surface area contributed by atoms with E-state index in [0.29, 0.717) is 89.5 Å². The van der Waals surface area contributed by atoms with Crippen LogP contribution in [-0.2, 0) is 69.7 Å². The Morgan fingerprint density at radius 3 is 1.68 bits per heavy atom. The zero-order valence-electron chi connectivity index (χ0n) is 64.2. The van der Waals surface area contributed by atoms with Crippen LogP contribution in [0, 0.1) is 49.4 Å². The SMILES string of the molecule is CN(C)[C@@H]1CCN(Cc2ccc(CC(=O)c3ccnc(C#Cc4cnc(C(N)=O)s4)c3)cc2C(F)(F)F)C1.Cc1ccc(C(=O)Cc2ccc(CN3CCOCC3)c(C(F)(F)F)c2)cc1C#Cc1cnc(C(=O)NC2CC2)n1C.Cc1ccc(C(=O)Cc2ccc(OCCN3CCCC3)c(C(F)(F)F)c2)cc1C#Cc1cncn1C. The highest BCUT2D eigenvalue weighted by molar-refractivity contribution is 7.14. The second kappa shape index (κ2) is 37.9. The average molecular weight is 1600 g/mol. The van der Waals surface area contributed by atoms with Crippen molar-refractivity contribution in [3.05, 3.63) is 250 Å². The van der Waals surface area contributed by atoms with Crippen LogP contribution >= 0.6 is 11.3 Å². The third-order valence-corrected chi connectivity index (χ3v) is 20.9. The number of hydrogen-bond donors (Lipinski definition) is 2. The maximum Gasteiger partial charge on any atom is 0.419 e. The number of ketones is 3. The predicted octanol–water partition coefficient (Wildman–Crippen LogP) is 13.0. The van der Waals surface area contributed by atoms with Crippen molar-refractivity contribution >= 4 is 40.5 Å². The van der Waals surface area contributed by atoms with Crippen molar-refractivity contribution in [1.82, 2.24) is 54.0 Å².